The van der Waals surface area contributed by atoms with E-state index in [-0.39, 0.29) is 37.1 Å². The number of fused-ring (bicyclic) bond motifs is 1. The van der Waals surface area contributed by atoms with Crippen molar-refractivity contribution in [2.24, 2.45) is 11.8 Å². The van der Waals surface area contributed by atoms with E-state index in [1.165, 1.54) is 0 Å². The van der Waals surface area contributed by atoms with E-state index in [1.807, 2.05) is 0 Å². The number of benzene rings is 2. The first-order valence-electron chi connectivity index (χ1n) is 16.9. The molecule has 0 aromatic heterocycles. The van der Waals surface area contributed by atoms with Crippen molar-refractivity contribution in [3.8, 4) is 0 Å². The molecule has 0 N–H and O–H groups in total. The van der Waals surface area contributed by atoms with E-state index in [4.69, 9.17) is 0 Å². The van der Waals surface area contributed by atoms with Crippen LogP contribution in [0, 0.1) is 11.8 Å². The lowest BCUT2D eigenvalue weighted by atomic mass is 9.88. The Labute approximate surface area is 290 Å². The third-order valence-corrected chi connectivity index (χ3v) is 10.2. The Bertz CT molecular complexity index is 1610. The Hall–Kier alpha value is -3.98. The van der Waals surface area contributed by atoms with Crippen molar-refractivity contribution in [2.75, 3.05) is 13.1 Å². The molecule has 0 radical (unpaired) electrons. The van der Waals surface area contributed by atoms with Gasteiger partial charge >= 0.3 is 24.7 Å². The van der Waals surface area contributed by atoms with Crippen molar-refractivity contribution in [1.82, 2.24) is 9.80 Å². The van der Waals surface area contributed by atoms with Crippen LogP contribution in [-0.2, 0) is 34.3 Å². The van der Waals surface area contributed by atoms with Gasteiger partial charge in [-0.25, -0.2) is 0 Å². The second-order valence-corrected chi connectivity index (χ2v) is 13.9. The number of carbonyl (C=O) groups excluding carboxylic acids is 2. The van der Waals surface area contributed by atoms with Crippen LogP contribution in [0.3, 0.4) is 0 Å². The first kappa shape index (κ1) is 37.8. The van der Waals surface area contributed by atoms with Crippen LogP contribution >= 0.6 is 0 Å². The number of amides is 2. The van der Waals surface area contributed by atoms with Gasteiger partial charge in [0.1, 0.15) is 0 Å². The molecular weight excluding hydrogens is 720 g/mol. The van der Waals surface area contributed by atoms with Crippen LogP contribution in [-0.4, -0.2) is 34.7 Å². The lowest BCUT2D eigenvalue weighted by molar-refractivity contribution is -0.144. The molecule has 2 amide bonds. The van der Waals surface area contributed by atoms with Gasteiger partial charge in [0.15, 0.2) is 0 Å². The lowest BCUT2D eigenvalue weighted by Gasteiger charge is -2.32. The predicted molar refractivity (Wildman–Crippen MR) is 163 cm³/mol. The maximum absolute atomic E-state index is 14.5. The van der Waals surface area contributed by atoms with Crippen molar-refractivity contribution in [3.05, 3.63) is 80.9 Å². The molecule has 52 heavy (non-hydrogen) atoms. The molecule has 6 rings (SSSR count). The Kier molecular flexibility index (Phi) is 9.77. The van der Waals surface area contributed by atoms with Gasteiger partial charge in [0.25, 0.3) is 11.8 Å². The quantitative estimate of drug-likeness (QED) is 0.276. The summed E-state index contributed by atoms with van der Waals surface area (Å²) in [5.41, 5.74) is -11.0. The summed E-state index contributed by atoms with van der Waals surface area (Å²) < 4.78 is 169. The molecule has 0 spiro atoms. The van der Waals surface area contributed by atoms with Crippen LogP contribution in [0.15, 0.2) is 47.5 Å². The number of hydrogen-bond donors (Lipinski definition) is 0. The van der Waals surface area contributed by atoms with Crippen LogP contribution in [0.1, 0.15) is 97.6 Å². The van der Waals surface area contributed by atoms with Crippen LogP contribution in [0.25, 0.3) is 11.4 Å². The standard InChI is InChI=1S/C36H32F12N2O2/c37-33(38,39)23-11-21(12-24(15-23)34(40,41)42)29-27-28(31(51)49(29)17-19-7-3-1-4-8-19)30(50(32(27)52)18-20-9-5-2-6-10-20)22-13-25(35(43,44)45)16-26(14-22)36(46,47)48/h11-16,19-20H,1-10,17-18H2. The summed E-state index contributed by atoms with van der Waals surface area (Å²) >= 11 is 0. The zero-order valence-corrected chi connectivity index (χ0v) is 27.4. The lowest BCUT2D eigenvalue weighted by Crippen LogP contribution is -2.35. The second-order valence-electron chi connectivity index (χ2n) is 13.9. The highest BCUT2D eigenvalue weighted by atomic mass is 19.4. The monoisotopic (exact) mass is 752 g/mol. The summed E-state index contributed by atoms with van der Waals surface area (Å²) in [5.74, 6) is -2.82. The smallest absolute Gasteiger partial charge is 0.307 e. The molecule has 2 fully saturated rings. The van der Waals surface area contributed by atoms with Crippen LogP contribution in [0.2, 0.25) is 0 Å². The van der Waals surface area contributed by atoms with Gasteiger partial charge < -0.3 is 9.80 Å². The SMILES string of the molecule is O=C1C2=C(c3cc(C(F)(F)F)cc(C(F)(F)F)c3)N(CC3CCCCC3)C(=O)C2=C(c2cc(C(F)(F)F)cc(C(F)(F)F)c2)N1CC1CCCCC1. The van der Waals surface area contributed by atoms with E-state index in [0.29, 0.717) is 75.6 Å². The normalized spacial score (nSPS) is 20.2. The summed E-state index contributed by atoms with van der Waals surface area (Å²) in [6.07, 6.45) is -14.6. The third kappa shape index (κ3) is 7.43. The minimum atomic E-state index is -5.30. The molecule has 0 saturated heterocycles. The first-order chi connectivity index (χ1) is 24.1. The maximum Gasteiger partial charge on any atom is 0.416 e. The molecule has 2 heterocycles. The van der Waals surface area contributed by atoms with E-state index in [0.717, 1.165) is 22.6 Å². The Morgan fingerprint density at radius 1 is 0.442 bits per heavy atom. The fraction of sp³-hybridized carbons (Fsp3) is 0.500. The molecule has 2 aromatic rings. The topological polar surface area (TPSA) is 40.6 Å². The number of rotatable bonds is 6. The molecule has 0 atom stereocenters. The average molecular weight is 753 g/mol. The number of carbonyl (C=O) groups is 2. The zero-order valence-electron chi connectivity index (χ0n) is 27.4. The van der Waals surface area contributed by atoms with Crippen molar-refractivity contribution < 1.29 is 62.3 Å². The highest BCUT2D eigenvalue weighted by Crippen LogP contribution is 2.50. The maximum atomic E-state index is 14.5. The van der Waals surface area contributed by atoms with E-state index in [9.17, 15) is 62.3 Å². The van der Waals surface area contributed by atoms with Crippen molar-refractivity contribution in [1.29, 1.82) is 0 Å². The third-order valence-electron chi connectivity index (χ3n) is 10.2. The summed E-state index contributed by atoms with van der Waals surface area (Å²) in [5, 5.41) is 0. The Balaban J connectivity index is 1.66. The summed E-state index contributed by atoms with van der Waals surface area (Å²) in [6, 6.07) is 1.22. The summed E-state index contributed by atoms with van der Waals surface area (Å²) in [6.45, 7) is -0.503. The number of nitrogens with zero attached hydrogens (tertiary/aromatic N) is 2. The fourth-order valence-electron chi connectivity index (χ4n) is 7.78. The molecule has 2 aliphatic carbocycles. The number of alkyl halides is 12. The van der Waals surface area contributed by atoms with Gasteiger partial charge in [-0.15, -0.1) is 0 Å². The van der Waals surface area contributed by atoms with Gasteiger partial charge in [-0.2, -0.15) is 52.7 Å². The van der Waals surface area contributed by atoms with Gasteiger partial charge in [-0.3, -0.25) is 9.59 Å². The van der Waals surface area contributed by atoms with Crippen LogP contribution < -0.4 is 0 Å². The summed E-state index contributed by atoms with van der Waals surface area (Å²) in [4.78, 5) is 30.8. The second kappa shape index (κ2) is 13.5. The molecule has 2 aliphatic heterocycles. The molecular formula is C36H32F12N2O2. The Morgan fingerprint density at radius 2 is 0.712 bits per heavy atom. The van der Waals surface area contributed by atoms with Gasteiger partial charge in [-0.05, 0) is 73.9 Å². The molecule has 16 heteroatoms. The molecule has 282 valence electrons. The van der Waals surface area contributed by atoms with E-state index in [2.05, 4.69) is 0 Å². The molecule has 2 aromatic carbocycles. The minimum absolute atomic E-state index is 0.119. The molecule has 4 nitrogen and oxygen atoms in total. The fourth-order valence-corrected chi connectivity index (χ4v) is 7.78. The first-order valence-corrected chi connectivity index (χ1v) is 16.9. The average Bonchev–Trinajstić information content (AvgIpc) is 3.50. The van der Waals surface area contributed by atoms with E-state index < -0.39 is 92.4 Å². The van der Waals surface area contributed by atoms with Gasteiger partial charge in [-0.1, -0.05) is 38.5 Å². The molecule has 0 bridgehead atoms. The van der Waals surface area contributed by atoms with Gasteiger partial charge in [0, 0.05) is 24.2 Å². The number of halogens is 12. The van der Waals surface area contributed by atoms with E-state index >= 15 is 0 Å². The highest BCUT2D eigenvalue weighted by molar-refractivity contribution is 6.30. The molecule has 2 saturated carbocycles. The molecule has 0 unspecified atom stereocenters. The minimum Gasteiger partial charge on any atom is -0.307 e. The zero-order chi connectivity index (χ0) is 38.0. The van der Waals surface area contributed by atoms with Gasteiger partial charge in [0.05, 0.1) is 44.8 Å². The van der Waals surface area contributed by atoms with Crippen molar-refractivity contribution >= 4 is 23.2 Å². The van der Waals surface area contributed by atoms with Gasteiger partial charge in [0.2, 0.25) is 0 Å². The van der Waals surface area contributed by atoms with E-state index in [1.54, 1.807) is 0 Å². The summed E-state index contributed by atoms with van der Waals surface area (Å²) in [7, 11) is 0. The van der Waals surface area contributed by atoms with Crippen molar-refractivity contribution in [3.63, 3.8) is 0 Å². The highest BCUT2D eigenvalue weighted by Gasteiger charge is 2.51. The largest absolute Gasteiger partial charge is 0.416 e. The predicted octanol–water partition coefficient (Wildman–Crippen LogP) is 10.7. The van der Waals surface area contributed by atoms with Crippen molar-refractivity contribution in [2.45, 2.75) is 88.9 Å². The van der Waals surface area contributed by atoms with Crippen LogP contribution in [0.4, 0.5) is 52.7 Å². The Morgan fingerprint density at radius 3 is 0.962 bits per heavy atom. The van der Waals surface area contributed by atoms with Crippen LogP contribution in [0.5, 0.6) is 0 Å². The number of hydrogen-bond acceptors (Lipinski definition) is 2. The molecule has 4 aliphatic rings.